The third-order valence-electron chi connectivity index (χ3n) is 4.62. The molecule has 3 aromatic rings. The number of nitrogens with zero attached hydrogens (tertiary/aromatic N) is 7. The van der Waals surface area contributed by atoms with E-state index in [-0.39, 0.29) is 5.91 Å². The van der Waals surface area contributed by atoms with Crippen LogP contribution in [0.4, 0.5) is 0 Å². The number of fused-ring (bicyclic) bond motifs is 1. The highest BCUT2D eigenvalue weighted by Crippen LogP contribution is 2.16. The van der Waals surface area contributed by atoms with Crippen LogP contribution in [0.25, 0.3) is 0 Å². The molecule has 3 heterocycles. The summed E-state index contributed by atoms with van der Waals surface area (Å²) >= 11 is 0. The Hall–Kier alpha value is -3.10. The van der Waals surface area contributed by atoms with Gasteiger partial charge in [-0.2, -0.15) is 0 Å². The lowest BCUT2D eigenvalue weighted by Gasteiger charge is -2.18. The van der Waals surface area contributed by atoms with Crippen molar-refractivity contribution in [1.82, 2.24) is 40.3 Å². The third kappa shape index (κ3) is 3.46. The van der Waals surface area contributed by atoms with E-state index in [4.69, 9.17) is 0 Å². The molecule has 0 radical (unpaired) electrons. The molecule has 0 bridgehead atoms. The molecule has 1 amide bonds. The Balaban J connectivity index is 1.47. The number of aryl methyl sites for hydroxylation is 1. The van der Waals surface area contributed by atoms with E-state index in [9.17, 15) is 4.79 Å². The van der Waals surface area contributed by atoms with Gasteiger partial charge in [-0.15, -0.1) is 15.3 Å². The van der Waals surface area contributed by atoms with Crippen molar-refractivity contribution < 1.29 is 4.79 Å². The molecule has 0 saturated heterocycles. The summed E-state index contributed by atoms with van der Waals surface area (Å²) in [5.41, 5.74) is 1.04. The number of tetrazole rings is 1. The molecule has 4 rings (SSSR count). The van der Waals surface area contributed by atoms with Crippen molar-refractivity contribution in [3.05, 3.63) is 53.9 Å². The summed E-state index contributed by atoms with van der Waals surface area (Å²) in [6, 6.07) is 9.30. The van der Waals surface area contributed by atoms with Crippen LogP contribution in [0, 0.1) is 0 Å². The van der Waals surface area contributed by atoms with Crippen LogP contribution in [-0.4, -0.2) is 40.9 Å². The summed E-state index contributed by atoms with van der Waals surface area (Å²) in [5.74, 6) is 1.65. The lowest BCUT2D eigenvalue weighted by atomic mass is 10.1. The van der Waals surface area contributed by atoms with Crippen LogP contribution in [-0.2, 0) is 30.7 Å². The van der Waals surface area contributed by atoms with E-state index < -0.39 is 6.04 Å². The summed E-state index contributed by atoms with van der Waals surface area (Å²) < 4.78 is 3.59. The first kappa shape index (κ1) is 16.4. The Labute approximate surface area is 150 Å². The smallest absolute Gasteiger partial charge is 0.245 e. The zero-order valence-corrected chi connectivity index (χ0v) is 14.3. The first-order chi connectivity index (χ1) is 12.8. The van der Waals surface area contributed by atoms with Crippen LogP contribution >= 0.6 is 0 Å². The number of nitrogens with one attached hydrogen (secondary N) is 1. The van der Waals surface area contributed by atoms with Gasteiger partial charge >= 0.3 is 0 Å². The third-order valence-corrected chi connectivity index (χ3v) is 4.62. The normalized spacial score (nSPS) is 14.6. The van der Waals surface area contributed by atoms with Crippen molar-refractivity contribution in [1.29, 1.82) is 0 Å². The van der Waals surface area contributed by atoms with E-state index in [1.165, 1.54) is 11.0 Å². The number of benzene rings is 1. The molecule has 0 fully saturated rings. The predicted octanol–water partition coefficient (Wildman–Crippen LogP) is 0.701. The van der Waals surface area contributed by atoms with Crippen LogP contribution in [0.3, 0.4) is 0 Å². The molecular weight excluding hydrogens is 332 g/mol. The zero-order valence-electron chi connectivity index (χ0n) is 14.3. The second-order valence-corrected chi connectivity index (χ2v) is 6.35. The molecule has 0 unspecified atom stereocenters. The number of aromatic nitrogens is 7. The molecule has 0 saturated carbocycles. The summed E-state index contributed by atoms with van der Waals surface area (Å²) in [5, 5.41) is 22.6. The molecule has 2 aromatic heterocycles. The minimum Gasteiger partial charge on any atom is -0.347 e. The van der Waals surface area contributed by atoms with Crippen LogP contribution in [0.1, 0.15) is 36.1 Å². The van der Waals surface area contributed by atoms with Gasteiger partial charge in [0.1, 0.15) is 18.2 Å². The molecule has 0 aliphatic carbocycles. The highest BCUT2D eigenvalue weighted by molar-refractivity contribution is 5.80. The number of amides is 1. The lowest BCUT2D eigenvalue weighted by molar-refractivity contribution is -0.124. The van der Waals surface area contributed by atoms with Gasteiger partial charge in [0.05, 0.1) is 6.54 Å². The van der Waals surface area contributed by atoms with E-state index in [0.717, 1.165) is 43.0 Å². The van der Waals surface area contributed by atoms with Crippen molar-refractivity contribution in [3.63, 3.8) is 0 Å². The molecule has 1 aliphatic heterocycles. The Morgan fingerprint density at radius 3 is 2.88 bits per heavy atom. The van der Waals surface area contributed by atoms with Gasteiger partial charge in [0, 0.05) is 19.4 Å². The fraction of sp³-hybridized carbons (Fsp3) is 0.412. The van der Waals surface area contributed by atoms with Gasteiger partial charge < -0.3 is 9.88 Å². The predicted molar refractivity (Wildman–Crippen MR) is 91.8 cm³/mol. The standard InChI is InChI=1S/C17H20N8O/c26-17(18-11-16-21-20-15-8-4-5-9-24(15)16)14(25-12-19-22-23-25)10-13-6-2-1-3-7-13/h1-3,6-7,12,14H,4-5,8-11H2,(H,18,26)/t14-/m0/s1. The van der Waals surface area contributed by atoms with Gasteiger partial charge in [0.15, 0.2) is 5.82 Å². The second-order valence-electron chi connectivity index (χ2n) is 6.35. The highest BCUT2D eigenvalue weighted by Gasteiger charge is 2.23. The summed E-state index contributed by atoms with van der Waals surface area (Å²) in [7, 11) is 0. The molecular formula is C17H20N8O. The number of carbonyl (C=O) groups excluding carboxylic acids is 1. The SMILES string of the molecule is O=C(NCc1nnc2n1CCCC2)[C@H](Cc1ccccc1)n1cnnn1. The molecule has 1 aromatic carbocycles. The molecule has 134 valence electrons. The van der Waals surface area contributed by atoms with Crippen LogP contribution in [0.2, 0.25) is 0 Å². The minimum atomic E-state index is -0.517. The lowest BCUT2D eigenvalue weighted by Crippen LogP contribution is -2.34. The van der Waals surface area contributed by atoms with Crippen LogP contribution in [0.5, 0.6) is 0 Å². The van der Waals surface area contributed by atoms with Gasteiger partial charge in [-0.3, -0.25) is 4.79 Å². The summed E-state index contributed by atoms with van der Waals surface area (Å²) in [6.45, 7) is 1.26. The van der Waals surface area contributed by atoms with Gasteiger partial charge in [-0.1, -0.05) is 30.3 Å². The minimum absolute atomic E-state index is 0.144. The zero-order chi connectivity index (χ0) is 17.8. The van der Waals surface area contributed by atoms with Gasteiger partial charge in [0.25, 0.3) is 0 Å². The van der Waals surface area contributed by atoms with Crippen molar-refractivity contribution in [2.75, 3.05) is 0 Å². The Kier molecular flexibility index (Phi) is 4.67. The Morgan fingerprint density at radius 1 is 1.19 bits per heavy atom. The maximum absolute atomic E-state index is 12.8. The average molecular weight is 352 g/mol. The van der Waals surface area contributed by atoms with E-state index >= 15 is 0 Å². The second kappa shape index (κ2) is 7.42. The van der Waals surface area contributed by atoms with Gasteiger partial charge in [-0.05, 0) is 28.8 Å². The summed E-state index contributed by atoms with van der Waals surface area (Å²) in [6.07, 6.45) is 5.18. The summed E-state index contributed by atoms with van der Waals surface area (Å²) in [4.78, 5) is 12.8. The average Bonchev–Trinajstić information content (AvgIpc) is 3.35. The Morgan fingerprint density at radius 2 is 2.08 bits per heavy atom. The Bertz CT molecular complexity index is 858. The largest absolute Gasteiger partial charge is 0.347 e. The molecule has 1 N–H and O–H groups in total. The number of carbonyl (C=O) groups is 1. The van der Waals surface area contributed by atoms with E-state index in [1.54, 1.807) is 0 Å². The topological polar surface area (TPSA) is 103 Å². The molecule has 1 atom stereocenters. The van der Waals surface area contributed by atoms with Crippen molar-refractivity contribution >= 4 is 5.91 Å². The van der Waals surface area contributed by atoms with Crippen molar-refractivity contribution in [2.45, 2.75) is 44.8 Å². The maximum Gasteiger partial charge on any atom is 0.245 e. The van der Waals surface area contributed by atoms with E-state index in [0.29, 0.717) is 13.0 Å². The van der Waals surface area contributed by atoms with Crippen molar-refractivity contribution in [2.24, 2.45) is 0 Å². The maximum atomic E-state index is 12.8. The van der Waals surface area contributed by atoms with Gasteiger partial charge in [0.2, 0.25) is 5.91 Å². The molecule has 9 nitrogen and oxygen atoms in total. The highest BCUT2D eigenvalue weighted by atomic mass is 16.2. The fourth-order valence-electron chi connectivity index (χ4n) is 3.24. The van der Waals surface area contributed by atoms with E-state index in [2.05, 4.69) is 35.6 Å². The first-order valence-electron chi connectivity index (χ1n) is 8.76. The monoisotopic (exact) mass is 352 g/mol. The van der Waals surface area contributed by atoms with Crippen LogP contribution in [0.15, 0.2) is 36.7 Å². The molecule has 9 heteroatoms. The quantitative estimate of drug-likeness (QED) is 0.700. The molecule has 1 aliphatic rings. The molecule has 0 spiro atoms. The first-order valence-corrected chi connectivity index (χ1v) is 8.76. The fourth-order valence-corrected chi connectivity index (χ4v) is 3.24. The van der Waals surface area contributed by atoms with Crippen molar-refractivity contribution in [3.8, 4) is 0 Å². The number of rotatable bonds is 6. The van der Waals surface area contributed by atoms with Crippen LogP contribution < -0.4 is 5.32 Å². The van der Waals surface area contributed by atoms with E-state index in [1.807, 2.05) is 30.3 Å². The number of hydrogen-bond acceptors (Lipinski definition) is 6. The van der Waals surface area contributed by atoms with Gasteiger partial charge in [-0.25, -0.2) is 4.68 Å². The number of hydrogen-bond donors (Lipinski definition) is 1. The molecule has 26 heavy (non-hydrogen) atoms.